The number of nitrogens with two attached hydrogens (primary N) is 1. The van der Waals surface area contributed by atoms with Crippen LogP contribution in [0.5, 0.6) is 0 Å². The number of sulfonamides is 1. The summed E-state index contributed by atoms with van der Waals surface area (Å²) in [5, 5.41) is 8.43. The van der Waals surface area contributed by atoms with Gasteiger partial charge in [-0.3, -0.25) is 9.59 Å². The molecule has 0 radical (unpaired) electrons. The van der Waals surface area contributed by atoms with Crippen molar-refractivity contribution in [3.05, 3.63) is 53.5 Å². The Labute approximate surface area is 269 Å². The molecule has 3 heterocycles. The number of hydrogen-bond acceptors (Lipinski definition) is 8. The summed E-state index contributed by atoms with van der Waals surface area (Å²) in [5.74, 6) is -2.64. The van der Waals surface area contributed by atoms with Crippen LogP contribution in [0.3, 0.4) is 0 Å². The van der Waals surface area contributed by atoms with Crippen LogP contribution in [0, 0.1) is 5.92 Å². The van der Waals surface area contributed by atoms with Gasteiger partial charge in [-0.05, 0) is 82.5 Å². The number of H-pyrrole nitrogens is 1. The first-order valence-corrected chi connectivity index (χ1v) is 17.8. The van der Waals surface area contributed by atoms with Crippen molar-refractivity contribution in [2.24, 2.45) is 11.7 Å². The third kappa shape index (κ3) is 8.72. The van der Waals surface area contributed by atoms with Gasteiger partial charge in [0, 0.05) is 36.1 Å². The fourth-order valence-electron chi connectivity index (χ4n) is 5.63. The maximum absolute atomic E-state index is 14.1. The smallest absolute Gasteiger partial charge is 0.329 e. The van der Waals surface area contributed by atoms with E-state index in [4.69, 9.17) is 10.5 Å². The van der Waals surface area contributed by atoms with Crippen LogP contribution in [0.25, 0.3) is 10.9 Å². The zero-order valence-corrected chi connectivity index (χ0v) is 28.0. The van der Waals surface area contributed by atoms with E-state index in [9.17, 15) is 22.8 Å². The molecule has 11 nitrogen and oxygen atoms in total. The molecule has 4 atom stereocenters. The number of aromatic nitrogens is 1. The number of carbonyl (C=O) groups is 3. The molecule has 1 fully saturated rings. The Kier molecular flexibility index (Phi) is 11.5. The molecule has 13 heteroatoms. The third-order valence-electron chi connectivity index (χ3n) is 7.99. The minimum Gasteiger partial charge on any atom is -0.458 e. The van der Waals surface area contributed by atoms with Gasteiger partial charge in [0.2, 0.25) is 11.8 Å². The van der Waals surface area contributed by atoms with Crippen LogP contribution in [0.15, 0.2) is 52.2 Å². The van der Waals surface area contributed by atoms with Crippen LogP contribution >= 0.6 is 11.3 Å². The minimum atomic E-state index is -3.73. The molecule has 0 spiro atoms. The molecule has 1 saturated heterocycles. The second-order valence-corrected chi connectivity index (χ2v) is 15.7. The maximum atomic E-state index is 14.1. The van der Waals surface area contributed by atoms with Crippen LogP contribution < -0.4 is 16.4 Å². The lowest BCUT2D eigenvalue weighted by molar-refractivity contribution is -0.159. The zero-order chi connectivity index (χ0) is 32.8. The highest BCUT2D eigenvalue weighted by Gasteiger charge is 2.38. The first-order chi connectivity index (χ1) is 21.3. The Morgan fingerprint density at radius 1 is 1.13 bits per heavy atom. The number of thiophene rings is 1. The number of hydrogen-bond donors (Lipinski definition) is 4. The molecule has 0 bridgehead atoms. The molecule has 1 unspecified atom stereocenters. The zero-order valence-electron chi connectivity index (χ0n) is 26.4. The van der Waals surface area contributed by atoms with E-state index in [-0.39, 0.29) is 10.8 Å². The Bertz CT molecular complexity index is 1560. The maximum Gasteiger partial charge on any atom is 0.329 e. The number of nitrogens with one attached hydrogen (secondary N) is 3. The fourth-order valence-corrected chi connectivity index (χ4v) is 8.30. The van der Waals surface area contributed by atoms with Gasteiger partial charge >= 0.3 is 5.97 Å². The number of fused-ring (bicyclic) bond motifs is 1. The van der Waals surface area contributed by atoms with E-state index in [1.165, 1.54) is 4.31 Å². The molecule has 45 heavy (non-hydrogen) atoms. The van der Waals surface area contributed by atoms with E-state index in [1.54, 1.807) is 38.3 Å². The number of carbonyl (C=O) groups excluding carboxylic acids is 3. The highest BCUT2D eigenvalue weighted by atomic mass is 32.2. The summed E-state index contributed by atoms with van der Waals surface area (Å²) < 4.78 is 33.6. The molecule has 2 aromatic heterocycles. The first kappa shape index (κ1) is 34.6. The monoisotopic (exact) mass is 659 g/mol. The number of para-hydroxylation sites is 1. The number of unbranched alkanes of at least 4 members (excludes halogenated alkanes) is 1. The molecule has 5 N–H and O–H groups in total. The predicted octanol–water partition coefficient (Wildman–Crippen LogP) is 3.87. The largest absolute Gasteiger partial charge is 0.458 e. The standard InChI is InChI=1S/C32H45N5O6S2/c1-21(24-19-34-25-13-6-5-12-23(24)25)28(30(39)35-26(14-7-8-16-33)31(40)43-32(2,3)4)36-29(38)22-11-9-17-37(20-22)45(41,42)27-15-10-18-44-27/h5-6,10,12-13,15,18-19,21-22,26,28,34H,7-9,11,14,16-17,20,33H2,1-4H3,(H,35,39)(H,36,38)/t21-,22?,26-,28-/m0/s1. The molecular formula is C32H45N5O6S2. The van der Waals surface area contributed by atoms with Gasteiger partial charge < -0.3 is 26.1 Å². The van der Waals surface area contributed by atoms with E-state index >= 15 is 0 Å². The normalized spacial score (nSPS) is 18.2. The van der Waals surface area contributed by atoms with Crippen molar-refractivity contribution >= 4 is 50.0 Å². The van der Waals surface area contributed by atoms with Crippen molar-refractivity contribution in [1.82, 2.24) is 19.9 Å². The van der Waals surface area contributed by atoms with E-state index in [0.29, 0.717) is 45.2 Å². The fraction of sp³-hybridized carbons (Fsp3) is 0.531. The van der Waals surface area contributed by atoms with Crippen LogP contribution in [0.1, 0.15) is 71.3 Å². The summed E-state index contributed by atoms with van der Waals surface area (Å²) in [5.41, 5.74) is 6.64. The van der Waals surface area contributed by atoms with Crippen molar-refractivity contribution in [2.75, 3.05) is 19.6 Å². The average molecular weight is 660 g/mol. The lowest BCUT2D eigenvalue weighted by Gasteiger charge is -2.33. The number of esters is 1. The van der Waals surface area contributed by atoms with Crippen molar-refractivity contribution in [2.45, 2.75) is 87.6 Å². The SMILES string of the molecule is C[C@@H](c1c[nH]c2ccccc12)[C@H](NC(=O)C1CCCN(S(=O)(=O)c2cccs2)C1)C(=O)N[C@@H](CCCCN)C(=O)OC(C)(C)C. The quantitative estimate of drug-likeness (QED) is 0.160. The van der Waals surface area contributed by atoms with Gasteiger partial charge in [0.25, 0.3) is 10.0 Å². The molecular weight excluding hydrogens is 615 g/mol. The Balaban J connectivity index is 1.59. The summed E-state index contributed by atoms with van der Waals surface area (Å²) in [4.78, 5) is 44.2. The highest BCUT2D eigenvalue weighted by molar-refractivity contribution is 7.91. The molecule has 3 aromatic rings. The molecule has 0 aliphatic carbocycles. The lowest BCUT2D eigenvalue weighted by atomic mass is 9.90. The van der Waals surface area contributed by atoms with Crippen LogP contribution in [0.4, 0.5) is 0 Å². The number of piperidine rings is 1. The van der Waals surface area contributed by atoms with Crippen molar-refractivity contribution in [1.29, 1.82) is 0 Å². The summed E-state index contributed by atoms with van der Waals surface area (Å²) >= 11 is 1.14. The molecule has 1 aliphatic heterocycles. The van der Waals surface area contributed by atoms with Crippen molar-refractivity contribution in [3.63, 3.8) is 0 Å². The van der Waals surface area contributed by atoms with Crippen molar-refractivity contribution < 1.29 is 27.5 Å². The molecule has 4 rings (SSSR count). The third-order valence-corrected chi connectivity index (χ3v) is 11.2. The Morgan fingerprint density at radius 2 is 1.89 bits per heavy atom. The number of amides is 2. The van der Waals surface area contributed by atoms with Gasteiger partial charge in [-0.2, -0.15) is 4.31 Å². The summed E-state index contributed by atoms with van der Waals surface area (Å²) in [7, 11) is -3.73. The minimum absolute atomic E-state index is 0.0154. The Hall–Kier alpha value is -3.26. The summed E-state index contributed by atoms with van der Waals surface area (Å²) in [6.07, 6.45) is 4.43. The topological polar surface area (TPSA) is 164 Å². The number of benzene rings is 1. The van der Waals surface area contributed by atoms with Gasteiger partial charge in [-0.15, -0.1) is 11.3 Å². The predicted molar refractivity (Wildman–Crippen MR) is 175 cm³/mol. The van der Waals surface area contributed by atoms with Crippen LogP contribution in [-0.4, -0.2) is 72.8 Å². The van der Waals surface area contributed by atoms with Crippen LogP contribution in [-0.2, 0) is 29.1 Å². The number of nitrogens with zero attached hydrogens (tertiary/aromatic N) is 1. The molecule has 1 aromatic carbocycles. The van der Waals surface area contributed by atoms with Gasteiger partial charge in [-0.25, -0.2) is 13.2 Å². The second kappa shape index (κ2) is 14.9. The molecule has 246 valence electrons. The van der Waals surface area contributed by atoms with E-state index in [2.05, 4.69) is 15.6 Å². The van der Waals surface area contributed by atoms with E-state index in [1.807, 2.05) is 37.4 Å². The second-order valence-electron chi connectivity index (χ2n) is 12.6. The average Bonchev–Trinajstić information content (AvgIpc) is 3.69. The number of aromatic amines is 1. The lowest BCUT2D eigenvalue weighted by Crippen LogP contribution is -2.56. The molecule has 1 aliphatic rings. The van der Waals surface area contributed by atoms with E-state index in [0.717, 1.165) is 27.8 Å². The van der Waals surface area contributed by atoms with Gasteiger partial charge in [0.1, 0.15) is 21.9 Å². The summed E-state index contributed by atoms with van der Waals surface area (Å²) in [6.45, 7) is 7.92. The van der Waals surface area contributed by atoms with Crippen molar-refractivity contribution in [3.8, 4) is 0 Å². The van der Waals surface area contributed by atoms with E-state index < -0.39 is 57.3 Å². The first-order valence-electron chi connectivity index (χ1n) is 15.4. The number of ether oxygens (including phenoxy) is 1. The number of rotatable bonds is 13. The van der Waals surface area contributed by atoms with Gasteiger partial charge in [0.05, 0.1) is 5.92 Å². The molecule has 2 amide bonds. The summed E-state index contributed by atoms with van der Waals surface area (Å²) in [6, 6.07) is 8.94. The van der Waals surface area contributed by atoms with Gasteiger partial charge in [0.15, 0.2) is 0 Å². The Morgan fingerprint density at radius 3 is 2.58 bits per heavy atom. The van der Waals surface area contributed by atoms with Crippen LogP contribution in [0.2, 0.25) is 0 Å². The van der Waals surface area contributed by atoms with Gasteiger partial charge in [-0.1, -0.05) is 31.2 Å². The molecule has 0 saturated carbocycles. The highest BCUT2D eigenvalue weighted by Crippen LogP contribution is 2.30.